The van der Waals surface area contributed by atoms with Crippen molar-refractivity contribution in [3.63, 3.8) is 0 Å². The van der Waals surface area contributed by atoms with E-state index in [0.29, 0.717) is 24.5 Å². The van der Waals surface area contributed by atoms with Crippen LogP contribution in [-0.4, -0.2) is 23.8 Å². The molecule has 0 unspecified atom stereocenters. The largest absolute Gasteiger partial charge is 0.373 e. The minimum absolute atomic E-state index is 0.0220. The molecule has 1 aliphatic heterocycles. The number of ether oxygens (including phenoxy) is 1. The number of aryl methyl sites for hydroxylation is 2. The van der Waals surface area contributed by atoms with E-state index in [0.717, 1.165) is 24.1 Å². The topological polar surface area (TPSA) is 76.4 Å². The Kier molecular flexibility index (Phi) is 5.15. The molecule has 1 aliphatic rings. The molecule has 6 nitrogen and oxygen atoms in total. The molecule has 2 heterocycles. The number of nitrogens with one attached hydrogen (secondary N) is 2. The number of urea groups is 1. The van der Waals surface area contributed by atoms with Crippen LogP contribution in [0.4, 0.5) is 10.5 Å². The van der Waals surface area contributed by atoms with Crippen LogP contribution in [0.1, 0.15) is 42.9 Å². The number of hydrogen-bond donors (Lipinski definition) is 2. The van der Waals surface area contributed by atoms with E-state index < -0.39 is 0 Å². The van der Waals surface area contributed by atoms with Crippen molar-refractivity contribution in [3.05, 3.63) is 47.3 Å². The van der Waals surface area contributed by atoms with Crippen molar-refractivity contribution in [2.45, 2.75) is 45.3 Å². The molecule has 1 fully saturated rings. The monoisotopic (exact) mass is 329 g/mol. The van der Waals surface area contributed by atoms with Crippen LogP contribution in [0.5, 0.6) is 0 Å². The average molecular weight is 329 g/mol. The van der Waals surface area contributed by atoms with E-state index in [9.17, 15) is 4.79 Å². The van der Waals surface area contributed by atoms with Gasteiger partial charge in [0.1, 0.15) is 11.4 Å². The van der Waals surface area contributed by atoms with E-state index >= 15 is 0 Å². The standard InChI is InChI=1S/C18H23N3O3/c1-3-15-17(12(2)24-21-15)20-18(22)19-14-9-10-23-16(11-14)13-7-5-4-6-8-13/h4-8,14,16H,3,9-11H2,1-2H3,(H2,19,20,22)/t14-,16-/m1/s1. The van der Waals surface area contributed by atoms with Gasteiger partial charge in [-0.2, -0.15) is 0 Å². The molecule has 2 amide bonds. The van der Waals surface area contributed by atoms with Crippen LogP contribution in [0.3, 0.4) is 0 Å². The Balaban J connectivity index is 1.59. The maximum atomic E-state index is 12.3. The summed E-state index contributed by atoms with van der Waals surface area (Å²) in [4.78, 5) is 12.3. The van der Waals surface area contributed by atoms with Crippen LogP contribution >= 0.6 is 0 Å². The van der Waals surface area contributed by atoms with E-state index in [1.165, 1.54) is 0 Å². The molecule has 1 aromatic carbocycles. The predicted molar refractivity (Wildman–Crippen MR) is 90.9 cm³/mol. The highest BCUT2D eigenvalue weighted by atomic mass is 16.5. The molecular formula is C18H23N3O3. The smallest absolute Gasteiger partial charge is 0.319 e. The molecule has 0 saturated carbocycles. The van der Waals surface area contributed by atoms with Crippen molar-refractivity contribution >= 4 is 11.7 Å². The van der Waals surface area contributed by atoms with Gasteiger partial charge >= 0.3 is 6.03 Å². The molecule has 6 heteroatoms. The number of nitrogens with zero attached hydrogens (tertiary/aromatic N) is 1. The molecule has 0 radical (unpaired) electrons. The van der Waals surface area contributed by atoms with Crippen LogP contribution in [0, 0.1) is 6.92 Å². The molecule has 0 spiro atoms. The molecule has 1 aromatic heterocycles. The first-order chi connectivity index (χ1) is 11.7. The molecular weight excluding hydrogens is 306 g/mol. The number of aromatic nitrogens is 1. The first-order valence-corrected chi connectivity index (χ1v) is 8.36. The van der Waals surface area contributed by atoms with Gasteiger partial charge in [-0.1, -0.05) is 42.4 Å². The minimum atomic E-state index is -0.227. The summed E-state index contributed by atoms with van der Waals surface area (Å²) in [5.74, 6) is 0.621. The number of carbonyl (C=O) groups excluding carboxylic acids is 1. The fraction of sp³-hybridized carbons (Fsp3) is 0.444. The summed E-state index contributed by atoms with van der Waals surface area (Å²) < 4.78 is 11.0. The highest BCUT2D eigenvalue weighted by Crippen LogP contribution is 2.28. The lowest BCUT2D eigenvalue weighted by Crippen LogP contribution is -2.42. The highest BCUT2D eigenvalue weighted by molar-refractivity contribution is 5.90. The number of rotatable bonds is 4. The van der Waals surface area contributed by atoms with Crippen LogP contribution in [0.2, 0.25) is 0 Å². The van der Waals surface area contributed by atoms with Gasteiger partial charge in [-0.15, -0.1) is 0 Å². The van der Waals surface area contributed by atoms with Crippen molar-refractivity contribution in [2.24, 2.45) is 0 Å². The normalized spacial score (nSPS) is 20.6. The Hall–Kier alpha value is -2.34. The van der Waals surface area contributed by atoms with Gasteiger partial charge in [0.25, 0.3) is 0 Å². The van der Waals surface area contributed by atoms with Crippen molar-refractivity contribution in [2.75, 3.05) is 11.9 Å². The molecule has 2 N–H and O–H groups in total. The van der Waals surface area contributed by atoms with Gasteiger partial charge in [-0.05, 0) is 31.7 Å². The van der Waals surface area contributed by atoms with Crippen molar-refractivity contribution in [3.8, 4) is 0 Å². The van der Waals surface area contributed by atoms with Gasteiger partial charge < -0.3 is 19.9 Å². The Bertz CT molecular complexity index is 684. The molecule has 1 saturated heterocycles. The zero-order valence-corrected chi connectivity index (χ0v) is 14.0. The molecule has 0 bridgehead atoms. The molecule has 2 aromatic rings. The second-order valence-electron chi connectivity index (χ2n) is 6.00. The average Bonchev–Trinajstić information content (AvgIpc) is 2.96. The van der Waals surface area contributed by atoms with Crippen molar-refractivity contribution in [1.82, 2.24) is 10.5 Å². The van der Waals surface area contributed by atoms with E-state index in [2.05, 4.69) is 27.9 Å². The molecule has 0 aliphatic carbocycles. The summed E-state index contributed by atoms with van der Waals surface area (Å²) in [5.41, 5.74) is 2.58. The van der Waals surface area contributed by atoms with Gasteiger partial charge in [0, 0.05) is 12.6 Å². The van der Waals surface area contributed by atoms with E-state index in [4.69, 9.17) is 9.26 Å². The van der Waals surface area contributed by atoms with Crippen LogP contribution in [0.15, 0.2) is 34.9 Å². The Morgan fingerprint density at radius 2 is 2.12 bits per heavy atom. The van der Waals surface area contributed by atoms with Gasteiger partial charge in [-0.25, -0.2) is 4.79 Å². The van der Waals surface area contributed by atoms with E-state index in [-0.39, 0.29) is 18.2 Å². The number of hydrogen-bond acceptors (Lipinski definition) is 4. The second-order valence-corrected chi connectivity index (χ2v) is 6.00. The lowest BCUT2D eigenvalue weighted by molar-refractivity contribution is 0.00253. The molecule has 2 atom stereocenters. The molecule has 24 heavy (non-hydrogen) atoms. The fourth-order valence-corrected chi connectivity index (χ4v) is 2.98. The van der Waals surface area contributed by atoms with E-state index in [1.807, 2.05) is 25.1 Å². The molecule has 128 valence electrons. The quantitative estimate of drug-likeness (QED) is 0.899. The third kappa shape index (κ3) is 3.76. The first kappa shape index (κ1) is 16.5. The first-order valence-electron chi connectivity index (χ1n) is 8.36. The second kappa shape index (κ2) is 7.49. The van der Waals surface area contributed by atoms with Gasteiger partial charge in [-0.3, -0.25) is 0 Å². The fourth-order valence-electron chi connectivity index (χ4n) is 2.98. The number of amides is 2. The van der Waals surface area contributed by atoms with Crippen molar-refractivity contribution < 1.29 is 14.1 Å². The summed E-state index contributed by atoms with van der Waals surface area (Å²) in [5, 5.41) is 9.85. The number of benzene rings is 1. The van der Waals surface area contributed by atoms with Crippen molar-refractivity contribution in [1.29, 1.82) is 0 Å². The molecule has 3 rings (SSSR count). The Morgan fingerprint density at radius 1 is 1.33 bits per heavy atom. The van der Waals surface area contributed by atoms with Crippen LogP contribution < -0.4 is 10.6 Å². The zero-order valence-electron chi connectivity index (χ0n) is 14.0. The Morgan fingerprint density at radius 3 is 2.88 bits per heavy atom. The third-order valence-electron chi connectivity index (χ3n) is 4.30. The summed E-state index contributed by atoms with van der Waals surface area (Å²) in [6, 6.07) is 9.96. The highest BCUT2D eigenvalue weighted by Gasteiger charge is 2.25. The Labute approximate surface area is 141 Å². The van der Waals surface area contributed by atoms with E-state index in [1.54, 1.807) is 6.92 Å². The third-order valence-corrected chi connectivity index (χ3v) is 4.30. The summed E-state index contributed by atoms with van der Waals surface area (Å²) >= 11 is 0. The summed E-state index contributed by atoms with van der Waals surface area (Å²) in [6.07, 6.45) is 2.30. The predicted octanol–water partition coefficient (Wildman–Crippen LogP) is 3.59. The number of carbonyl (C=O) groups is 1. The lowest BCUT2D eigenvalue weighted by atomic mass is 9.97. The van der Waals surface area contributed by atoms with Crippen LogP contribution in [-0.2, 0) is 11.2 Å². The zero-order chi connectivity index (χ0) is 16.9. The lowest BCUT2D eigenvalue weighted by Gasteiger charge is -2.30. The van der Waals surface area contributed by atoms with Gasteiger partial charge in [0.2, 0.25) is 0 Å². The summed E-state index contributed by atoms with van der Waals surface area (Å²) in [7, 11) is 0. The maximum absolute atomic E-state index is 12.3. The van der Waals surface area contributed by atoms with Gasteiger partial charge in [0.15, 0.2) is 5.76 Å². The van der Waals surface area contributed by atoms with Gasteiger partial charge in [0.05, 0.1) is 6.10 Å². The summed E-state index contributed by atoms with van der Waals surface area (Å²) in [6.45, 7) is 4.40. The maximum Gasteiger partial charge on any atom is 0.319 e. The van der Waals surface area contributed by atoms with Crippen LogP contribution in [0.25, 0.3) is 0 Å². The number of anilines is 1. The SMILES string of the molecule is CCc1noc(C)c1NC(=O)N[C@@H]1CCO[C@@H](c2ccccc2)C1. The minimum Gasteiger partial charge on any atom is -0.373 e.